The van der Waals surface area contributed by atoms with Gasteiger partial charge in [-0.2, -0.15) is 0 Å². The average molecular weight is 236 g/mol. The van der Waals surface area contributed by atoms with Crippen LogP contribution in [0.15, 0.2) is 23.4 Å². The topological polar surface area (TPSA) is 87.7 Å². The molecule has 2 aromatic rings. The van der Waals surface area contributed by atoms with Gasteiger partial charge in [-0.25, -0.2) is 9.97 Å². The van der Waals surface area contributed by atoms with Gasteiger partial charge in [0.05, 0.1) is 6.33 Å². The van der Waals surface area contributed by atoms with E-state index in [0.29, 0.717) is 5.13 Å². The molecule has 0 fully saturated rings. The molecule has 2 heterocycles. The van der Waals surface area contributed by atoms with E-state index in [1.54, 1.807) is 6.20 Å². The van der Waals surface area contributed by atoms with Crippen molar-refractivity contribution in [2.45, 2.75) is 6.92 Å². The van der Waals surface area contributed by atoms with Crippen LogP contribution in [0.2, 0.25) is 0 Å². The van der Waals surface area contributed by atoms with Gasteiger partial charge in [-0.1, -0.05) is 0 Å². The smallest absolute Gasteiger partial charge is 0.276 e. The van der Waals surface area contributed by atoms with E-state index in [0.717, 1.165) is 10.9 Å². The fourth-order valence-corrected chi connectivity index (χ4v) is 1.73. The van der Waals surface area contributed by atoms with Crippen molar-refractivity contribution in [1.82, 2.24) is 15.0 Å². The Bertz CT molecular complexity index is 575. The summed E-state index contributed by atoms with van der Waals surface area (Å²) in [6.07, 6.45) is 2.84. The Morgan fingerprint density at radius 2 is 2.31 bits per heavy atom. The normalized spacial score (nSPS) is 10.1. The van der Waals surface area contributed by atoms with Crippen LogP contribution < -0.4 is 10.9 Å². The molecule has 2 aromatic heterocycles. The molecule has 0 saturated heterocycles. The van der Waals surface area contributed by atoms with Crippen molar-refractivity contribution in [2.24, 2.45) is 0 Å². The summed E-state index contributed by atoms with van der Waals surface area (Å²) in [5.74, 6) is -0.444. The van der Waals surface area contributed by atoms with Crippen LogP contribution in [-0.2, 0) is 0 Å². The molecular formula is C9H8N4O2S. The first-order valence-corrected chi connectivity index (χ1v) is 5.25. The summed E-state index contributed by atoms with van der Waals surface area (Å²) in [4.78, 5) is 33.6. The molecule has 16 heavy (non-hydrogen) atoms. The van der Waals surface area contributed by atoms with Crippen molar-refractivity contribution in [1.29, 1.82) is 0 Å². The molecule has 0 aliphatic carbocycles. The summed E-state index contributed by atoms with van der Waals surface area (Å²) >= 11 is 1.36. The molecule has 0 unspecified atom stereocenters. The minimum Gasteiger partial charge on any atom is -0.313 e. The number of aromatic nitrogens is 3. The highest BCUT2D eigenvalue weighted by atomic mass is 32.1. The van der Waals surface area contributed by atoms with Gasteiger partial charge in [0.2, 0.25) is 0 Å². The minimum atomic E-state index is -0.444. The third kappa shape index (κ3) is 2.31. The zero-order valence-corrected chi connectivity index (χ0v) is 9.17. The van der Waals surface area contributed by atoms with Crippen molar-refractivity contribution < 1.29 is 4.79 Å². The first kappa shape index (κ1) is 10.5. The van der Waals surface area contributed by atoms with Gasteiger partial charge in [0.1, 0.15) is 5.69 Å². The molecule has 0 atom stereocenters. The van der Waals surface area contributed by atoms with Gasteiger partial charge in [-0.05, 0) is 6.92 Å². The van der Waals surface area contributed by atoms with E-state index < -0.39 is 5.91 Å². The van der Waals surface area contributed by atoms with Crippen LogP contribution in [0.25, 0.3) is 0 Å². The van der Waals surface area contributed by atoms with E-state index in [2.05, 4.69) is 20.3 Å². The SMILES string of the molecule is Cc1cnc(NC(=O)c2cc(=O)[nH]cn2)s1. The number of carbonyl (C=O) groups excluding carboxylic acids is 1. The van der Waals surface area contributed by atoms with Crippen molar-refractivity contribution in [3.63, 3.8) is 0 Å². The number of H-pyrrole nitrogens is 1. The molecule has 0 aliphatic heterocycles. The molecule has 82 valence electrons. The van der Waals surface area contributed by atoms with E-state index >= 15 is 0 Å². The number of amides is 1. The number of thiazole rings is 1. The minimum absolute atomic E-state index is 0.0663. The van der Waals surface area contributed by atoms with Crippen LogP contribution in [0.1, 0.15) is 15.4 Å². The molecule has 0 bridgehead atoms. The Morgan fingerprint density at radius 3 is 2.94 bits per heavy atom. The van der Waals surface area contributed by atoms with Crippen molar-refractivity contribution in [3.05, 3.63) is 39.5 Å². The second kappa shape index (κ2) is 4.23. The maximum absolute atomic E-state index is 11.6. The molecule has 0 saturated carbocycles. The predicted molar refractivity (Wildman–Crippen MR) is 59.7 cm³/mol. The van der Waals surface area contributed by atoms with Crippen LogP contribution in [0.5, 0.6) is 0 Å². The Morgan fingerprint density at radius 1 is 1.50 bits per heavy atom. The number of nitrogens with one attached hydrogen (secondary N) is 2. The van der Waals surface area contributed by atoms with Crippen LogP contribution in [0.4, 0.5) is 5.13 Å². The summed E-state index contributed by atoms with van der Waals surface area (Å²) in [5.41, 5.74) is -0.299. The molecule has 7 heteroatoms. The van der Waals surface area contributed by atoms with Gasteiger partial charge in [0.25, 0.3) is 11.5 Å². The largest absolute Gasteiger partial charge is 0.313 e. The van der Waals surface area contributed by atoms with E-state index in [9.17, 15) is 9.59 Å². The maximum atomic E-state index is 11.6. The summed E-state index contributed by atoms with van der Waals surface area (Å²) in [6, 6.07) is 1.13. The van der Waals surface area contributed by atoms with Gasteiger partial charge in [0.15, 0.2) is 5.13 Å². The molecule has 6 nitrogen and oxygen atoms in total. The molecule has 2 rings (SSSR count). The fraction of sp³-hybridized carbons (Fsp3) is 0.111. The third-order valence-electron chi connectivity index (χ3n) is 1.75. The predicted octanol–water partition coefficient (Wildman–Crippen LogP) is 0.787. The second-order valence-electron chi connectivity index (χ2n) is 3.03. The van der Waals surface area contributed by atoms with Gasteiger partial charge in [-0.15, -0.1) is 11.3 Å². The molecule has 0 aromatic carbocycles. The zero-order valence-electron chi connectivity index (χ0n) is 8.35. The monoisotopic (exact) mass is 236 g/mol. The van der Waals surface area contributed by atoms with Crippen LogP contribution in [0.3, 0.4) is 0 Å². The third-order valence-corrected chi connectivity index (χ3v) is 2.58. The van der Waals surface area contributed by atoms with Gasteiger partial charge in [0, 0.05) is 17.1 Å². The quantitative estimate of drug-likeness (QED) is 0.806. The lowest BCUT2D eigenvalue weighted by Crippen LogP contribution is -2.17. The number of hydrogen-bond acceptors (Lipinski definition) is 5. The molecule has 1 amide bonds. The number of nitrogens with zero attached hydrogens (tertiary/aromatic N) is 2. The number of rotatable bonds is 2. The van der Waals surface area contributed by atoms with E-state index in [1.807, 2.05) is 6.92 Å². The Labute approximate surface area is 94.4 Å². The molecule has 0 spiro atoms. The molecule has 0 radical (unpaired) electrons. The first-order valence-electron chi connectivity index (χ1n) is 4.43. The summed E-state index contributed by atoms with van der Waals surface area (Å²) in [7, 11) is 0. The summed E-state index contributed by atoms with van der Waals surface area (Å²) in [6.45, 7) is 1.89. The van der Waals surface area contributed by atoms with Crippen molar-refractivity contribution in [2.75, 3.05) is 5.32 Å². The van der Waals surface area contributed by atoms with Crippen LogP contribution in [0, 0.1) is 6.92 Å². The van der Waals surface area contributed by atoms with E-state index in [-0.39, 0.29) is 11.3 Å². The van der Waals surface area contributed by atoms with Gasteiger partial charge >= 0.3 is 0 Å². The number of anilines is 1. The van der Waals surface area contributed by atoms with Gasteiger partial charge in [-0.3, -0.25) is 14.9 Å². The standard InChI is InChI=1S/C9H8N4O2S/c1-5-3-10-9(16-5)13-8(15)6-2-7(14)12-4-11-6/h2-4H,1H3,(H,10,13,15)(H,11,12,14). The summed E-state index contributed by atoms with van der Waals surface area (Å²) < 4.78 is 0. The number of aromatic amines is 1. The van der Waals surface area contributed by atoms with Crippen molar-refractivity contribution >= 4 is 22.4 Å². The Balaban J connectivity index is 2.17. The average Bonchev–Trinajstić information content (AvgIpc) is 2.64. The van der Waals surface area contributed by atoms with E-state index in [1.165, 1.54) is 17.7 Å². The Hall–Kier alpha value is -2.02. The van der Waals surface area contributed by atoms with Gasteiger partial charge < -0.3 is 4.98 Å². The van der Waals surface area contributed by atoms with Crippen LogP contribution >= 0.6 is 11.3 Å². The number of aryl methyl sites for hydroxylation is 1. The zero-order chi connectivity index (χ0) is 11.5. The van der Waals surface area contributed by atoms with E-state index in [4.69, 9.17) is 0 Å². The highest BCUT2D eigenvalue weighted by Gasteiger charge is 2.09. The lowest BCUT2D eigenvalue weighted by atomic mass is 10.4. The molecule has 0 aliphatic rings. The summed E-state index contributed by atoms with van der Waals surface area (Å²) in [5, 5.41) is 3.05. The number of carbonyl (C=O) groups is 1. The second-order valence-corrected chi connectivity index (χ2v) is 4.26. The first-order chi connectivity index (χ1) is 7.65. The molecular weight excluding hydrogens is 228 g/mol. The fourth-order valence-electron chi connectivity index (χ4n) is 1.07. The van der Waals surface area contributed by atoms with Crippen LogP contribution in [-0.4, -0.2) is 20.9 Å². The Kier molecular flexibility index (Phi) is 2.78. The maximum Gasteiger partial charge on any atom is 0.276 e. The number of hydrogen-bond donors (Lipinski definition) is 2. The highest BCUT2D eigenvalue weighted by molar-refractivity contribution is 7.15. The highest BCUT2D eigenvalue weighted by Crippen LogP contribution is 2.16. The lowest BCUT2D eigenvalue weighted by molar-refractivity contribution is 0.102. The molecule has 2 N–H and O–H groups in total. The lowest BCUT2D eigenvalue weighted by Gasteiger charge is -1.98. The van der Waals surface area contributed by atoms with Crippen molar-refractivity contribution in [3.8, 4) is 0 Å².